The molecule has 1 aliphatic rings. The number of nitrogens with zero attached hydrogens (tertiary/aromatic N) is 7. The third-order valence-electron chi connectivity index (χ3n) is 8.34. The van der Waals surface area contributed by atoms with E-state index in [0.717, 1.165) is 77.2 Å². The van der Waals surface area contributed by atoms with Crippen LogP contribution in [0, 0.1) is 5.82 Å². The lowest BCUT2D eigenvalue weighted by atomic mass is 10.0. The first-order chi connectivity index (χ1) is 21.6. The Morgan fingerprint density at radius 2 is 1.89 bits per heavy atom. The molecule has 10 nitrogen and oxygen atoms in total. The van der Waals surface area contributed by atoms with Crippen molar-refractivity contribution in [2.45, 2.75) is 25.8 Å². The summed E-state index contributed by atoms with van der Waals surface area (Å²) in [5, 5.41) is 11.7. The molecule has 1 fully saturated rings. The molecule has 1 saturated heterocycles. The molecule has 6 aromatic rings. The van der Waals surface area contributed by atoms with Gasteiger partial charge in [0.15, 0.2) is 11.5 Å². The van der Waals surface area contributed by atoms with E-state index in [1.807, 2.05) is 49.6 Å². The number of halogens is 1. The second-order valence-corrected chi connectivity index (χ2v) is 11.5. The van der Waals surface area contributed by atoms with Gasteiger partial charge in [-0.3, -0.25) is 20.0 Å². The minimum atomic E-state index is -0.300. The predicted octanol–water partition coefficient (Wildman–Crippen LogP) is 5.41. The number of benzene rings is 1. The maximum atomic E-state index is 14.8. The highest BCUT2D eigenvalue weighted by Crippen LogP contribution is 2.33. The molecule has 11 heteroatoms. The summed E-state index contributed by atoms with van der Waals surface area (Å²) in [5.74, 6) is 0.273. The van der Waals surface area contributed by atoms with Crippen LogP contribution in [0.15, 0.2) is 61.2 Å². The second kappa shape index (κ2) is 12.1. The molecular formula is C33H35FN10. The normalized spacial score (nSPS) is 14.1. The molecule has 0 unspecified atom stereocenters. The number of hydrogen-bond donors (Lipinski definition) is 3. The highest BCUT2D eigenvalue weighted by atomic mass is 19.1. The monoisotopic (exact) mass is 590 g/mol. The van der Waals surface area contributed by atoms with Gasteiger partial charge in [-0.15, -0.1) is 0 Å². The van der Waals surface area contributed by atoms with Crippen molar-refractivity contribution in [1.29, 1.82) is 0 Å². The molecule has 0 amide bonds. The maximum Gasteiger partial charge on any atom is 0.178 e. The number of aromatic nitrogens is 7. The van der Waals surface area contributed by atoms with Crippen molar-refractivity contribution in [3.63, 3.8) is 0 Å². The van der Waals surface area contributed by atoms with Crippen LogP contribution >= 0.6 is 0 Å². The topological polar surface area (TPSA) is 115 Å². The first-order valence-electron chi connectivity index (χ1n) is 15.1. The van der Waals surface area contributed by atoms with E-state index >= 15 is 0 Å². The van der Waals surface area contributed by atoms with Gasteiger partial charge in [0, 0.05) is 67.5 Å². The summed E-state index contributed by atoms with van der Waals surface area (Å²) in [5.41, 5.74) is 8.04. The fraction of sp³-hybridized carbons (Fsp3) is 0.303. The first kappa shape index (κ1) is 28.1. The number of fused-ring (bicyclic) bond motifs is 2. The van der Waals surface area contributed by atoms with Gasteiger partial charge < -0.3 is 15.2 Å². The van der Waals surface area contributed by atoms with E-state index in [-0.39, 0.29) is 5.82 Å². The maximum absolute atomic E-state index is 14.8. The number of imidazole rings is 1. The van der Waals surface area contributed by atoms with Crippen LogP contribution in [0.25, 0.3) is 56.0 Å². The molecule has 7 rings (SSSR count). The zero-order valence-corrected chi connectivity index (χ0v) is 24.9. The standard InChI is InChI=1S/C33H35FN10/c1-35-8-11-43(2)25-14-22(13-24(34)15-25)26-6-7-37-32-30(26)39-33(40-32)31-27-16-28(38-19-29(27)41-42-31)23-12-21(17-36-18-23)20-44-9-4-3-5-10-44/h6-7,12-19,35H,3-5,8-11,20H2,1-2H3,(H,41,42)(H,37,39,40). The van der Waals surface area contributed by atoms with Crippen molar-refractivity contribution in [3.8, 4) is 33.9 Å². The highest BCUT2D eigenvalue weighted by Gasteiger charge is 2.18. The molecular weight excluding hydrogens is 555 g/mol. The molecule has 1 aromatic carbocycles. The molecule has 0 bridgehead atoms. The number of likely N-dealkylation sites (N-methyl/N-ethyl adjacent to an activating group) is 2. The summed E-state index contributed by atoms with van der Waals surface area (Å²) in [6.45, 7) is 4.71. The fourth-order valence-electron chi connectivity index (χ4n) is 5.97. The minimum absolute atomic E-state index is 0.300. The molecule has 0 saturated carbocycles. The largest absolute Gasteiger partial charge is 0.373 e. The van der Waals surface area contributed by atoms with Gasteiger partial charge in [-0.05, 0) is 80.5 Å². The van der Waals surface area contributed by atoms with Gasteiger partial charge in [-0.25, -0.2) is 14.4 Å². The van der Waals surface area contributed by atoms with Gasteiger partial charge in [-0.2, -0.15) is 5.10 Å². The van der Waals surface area contributed by atoms with Crippen molar-refractivity contribution < 1.29 is 4.39 Å². The van der Waals surface area contributed by atoms with E-state index in [4.69, 9.17) is 9.97 Å². The number of piperidine rings is 1. The molecule has 44 heavy (non-hydrogen) atoms. The zero-order chi connectivity index (χ0) is 30.0. The number of likely N-dealkylation sites (tertiary alicyclic amines) is 1. The minimum Gasteiger partial charge on any atom is -0.373 e. The number of pyridine rings is 3. The number of hydrogen-bond acceptors (Lipinski definition) is 8. The van der Waals surface area contributed by atoms with Gasteiger partial charge in [0.2, 0.25) is 0 Å². The van der Waals surface area contributed by atoms with E-state index in [9.17, 15) is 4.39 Å². The van der Waals surface area contributed by atoms with Crippen molar-refractivity contribution >= 4 is 27.8 Å². The van der Waals surface area contributed by atoms with E-state index in [1.54, 1.807) is 24.5 Å². The second-order valence-electron chi connectivity index (χ2n) is 11.5. The number of anilines is 1. The smallest absolute Gasteiger partial charge is 0.178 e. The summed E-state index contributed by atoms with van der Waals surface area (Å²) in [7, 11) is 3.86. The zero-order valence-electron chi connectivity index (χ0n) is 24.9. The molecule has 0 aliphatic carbocycles. The molecule has 0 spiro atoms. The van der Waals surface area contributed by atoms with Gasteiger partial charge in [0.1, 0.15) is 11.5 Å². The Hall–Kier alpha value is -4.74. The Bertz CT molecular complexity index is 1920. The third kappa shape index (κ3) is 5.63. The summed E-state index contributed by atoms with van der Waals surface area (Å²) in [4.78, 5) is 26.5. The van der Waals surface area contributed by atoms with Gasteiger partial charge >= 0.3 is 0 Å². The van der Waals surface area contributed by atoms with Gasteiger partial charge in [0.25, 0.3) is 0 Å². The molecule has 0 radical (unpaired) electrons. The van der Waals surface area contributed by atoms with Gasteiger partial charge in [0.05, 0.1) is 22.9 Å². The lowest BCUT2D eigenvalue weighted by molar-refractivity contribution is 0.220. The van der Waals surface area contributed by atoms with Gasteiger partial charge in [-0.1, -0.05) is 6.42 Å². The lowest BCUT2D eigenvalue weighted by Crippen LogP contribution is -2.29. The lowest BCUT2D eigenvalue weighted by Gasteiger charge is -2.26. The van der Waals surface area contributed by atoms with Crippen LogP contribution in [0.1, 0.15) is 24.8 Å². The van der Waals surface area contributed by atoms with Crippen LogP contribution in [-0.4, -0.2) is 80.3 Å². The van der Waals surface area contributed by atoms with Crippen molar-refractivity contribution in [3.05, 3.63) is 72.6 Å². The summed E-state index contributed by atoms with van der Waals surface area (Å²) in [6, 6.07) is 11.2. The van der Waals surface area contributed by atoms with E-state index in [1.165, 1.54) is 24.8 Å². The summed E-state index contributed by atoms with van der Waals surface area (Å²) in [6.07, 6.45) is 11.1. The average Bonchev–Trinajstić information content (AvgIpc) is 3.68. The SMILES string of the molecule is CNCCN(C)c1cc(F)cc(-c2ccnc3nc(-c4n[nH]c5cnc(-c6cncc(CN7CCCCC7)c6)cc45)[nH]c23)c1. The van der Waals surface area contributed by atoms with E-state index in [2.05, 4.69) is 41.4 Å². The van der Waals surface area contributed by atoms with Crippen LogP contribution in [-0.2, 0) is 6.54 Å². The number of rotatable bonds is 9. The fourth-order valence-corrected chi connectivity index (χ4v) is 5.97. The summed E-state index contributed by atoms with van der Waals surface area (Å²) >= 11 is 0. The molecule has 6 heterocycles. The van der Waals surface area contributed by atoms with Crippen LogP contribution in [0.3, 0.4) is 0 Å². The van der Waals surface area contributed by atoms with Crippen LogP contribution in [0.5, 0.6) is 0 Å². The van der Waals surface area contributed by atoms with E-state index in [0.29, 0.717) is 17.2 Å². The first-order valence-corrected chi connectivity index (χ1v) is 15.1. The van der Waals surface area contributed by atoms with Crippen molar-refractivity contribution in [2.75, 3.05) is 45.2 Å². The quantitative estimate of drug-likeness (QED) is 0.205. The third-order valence-corrected chi connectivity index (χ3v) is 8.34. The Balaban J connectivity index is 1.23. The molecule has 3 N–H and O–H groups in total. The number of nitrogens with one attached hydrogen (secondary N) is 3. The van der Waals surface area contributed by atoms with Crippen LogP contribution in [0.4, 0.5) is 10.1 Å². The Kier molecular flexibility index (Phi) is 7.71. The summed E-state index contributed by atoms with van der Waals surface area (Å²) < 4.78 is 14.8. The van der Waals surface area contributed by atoms with Crippen molar-refractivity contribution in [1.82, 2.24) is 45.3 Å². The molecule has 5 aromatic heterocycles. The number of H-pyrrole nitrogens is 2. The average molecular weight is 591 g/mol. The van der Waals surface area contributed by atoms with Crippen LogP contribution < -0.4 is 10.2 Å². The molecule has 0 atom stereocenters. The predicted molar refractivity (Wildman–Crippen MR) is 172 cm³/mol. The van der Waals surface area contributed by atoms with Crippen LogP contribution in [0.2, 0.25) is 0 Å². The molecule has 1 aliphatic heterocycles. The Morgan fingerprint density at radius 3 is 2.75 bits per heavy atom. The van der Waals surface area contributed by atoms with Crippen molar-refractivity contribution in [2.24, 2.45) is 0 Å². The van der Waals surface area contributed by atoms with E-state index < -0.39 is 0 Å². The highest BCUT2D eigenvalue weighted by molar-refractivity contribution is 5.97. The Morgan fingerprint density at radius 1 is 1.00 bits per heavy atom. The number of aromatic amines is 2. The molecule has 224 valence electrons. The Labute approximate surface area is 254 Å².